The number of imidazole rings is 1. The zero-order chi connectivity index (χ0) is 9.97. The first-order chi connectivity index (χ1) is 6.77. The fourth-order valence-corrected chi connectivity index (χ4v) is 1.68. The van der Waals surface area contributed by atoms with E-state index >= 15 is 0 Å². The van der Waals surface area contributed by atoms with Gasteiger partial charge in [0.15, 0.2) is 0 Å². The highest BCUT2D eigenvalue weighted by Gasteiger charge is 2.23. The maximum Gasteiger partial charge on any atom is 0.272 e. The monoisotopic (exact) mass is 195 g/mol. The number of hydrogen-bond donors (Lipinski definition) is 2. The minimum atomic E-state index is -0.379. The van der Waals surface area contributed by atoms with Crippen LogP contribution < -0.4 is 0 Å². The molecule has 0 radical (unpaired) electrons. The van der Waals surface area contributed by atoms with Crippen LogP contribution >= 0.6 is 0 Å². The van der Waals surface area contributed by atoms with E-state index in [1.807, 2.05) is 0 Å². The Kier molecular flexibility index (Phi) is 2.49. The van der Waals surface area contributed by atoms with Crippen molar-refractivity contribution in [1.29, 1.82) is 0 Å². The lowest BCUT2D eigenvalue weighted by Crippen LogP contribution is -2.42. The van der Waals surface area contributed by atoms with Crippen LogP contribution in [0.2, 0.25) is 0 Å². The molecular weight excluding hydrogens is 182 g/mol. The number of piperidine rings is 1. The van der Waals surface area contributed by atoms with Gasteiger partial charge in [-0.2, -0.15) is 0 Å². The Labute approximate surface area is 81.8 Å². The largest absolute Gasteiger partial charge is 0.391 e. The van der Waals surface area contributed by atoms with E-state index in [9.17, 15) is 9.90 Å². The van der Waals surface area contributed by atoms with Crippen molar-refractivity contribution >= 4 is 5.91 Å². The summed E-state index contributed by atoms with van der Waals surface area (Å²) in [4.78, 5) is 20.0. The fourth-order valence-electron chi connectivity index (χ4n) is 1.68. The molecule has 14 heavy (non-hydrogen) atoms. The fraction of sp³-hybridized carbons (Fsp3) is 0.556. The lowest BCUT2D eigenvalue weighted by Gasteiger charge is -2.29. The Hall–Kier alpha value is -1.36. The highest BCUT2D eigenvalue weighted by Crippen LogP contribution is 2.12. The number of aromatic amines is 1. The van der Waals surface area contributed by atoms with Crippen molar-refractivity contribution in [2.45, 2.75) is 18.9 Å². The summed E-state index contributed by atoms with van der Waals surface area (Å²) in [6, 6.07) is 0. The first-order valence-corrected chi connectivity index (χ1v) is 4.73. The predicted molar refractivity (Wildman–Crippen MR) is 49.7 cm³/mol. The number of aromatic nitrogens is 2. The van der Waals surface area contributed by atoms with E-state index in [0.29, 0.717) is 12.2 Å². The molecule has 0 saturated carbocycles. The minimum absolute atomic E-state index is 0.0822. The van der Waals surface area contributed by atoms with Crippen LogP contribution in [-0.2, 0) is 0 Å². The number of amides is 1. The SMILES string of the molecule is O=C(c1cnc[nH]1)N1CCCC(O)C1. The van der Waals surface area contributed by atoms with Gasteiger partial charge >= 0.3 is 0 Å². The number of carbonyl (C=O) groups excluding carboxylic acids is 1. The molecule has 76 valence electrons. The molecule has 2 heterocycles. The predicted octanol–water partition coefficient (Wildman–Crippen LogP) is 0.00660. The third-order valence-corrected chi connectivity index (χ3v) is 2.41. The van der Waals surface area contributed by atoms with E-state index in [2.05, 4.69) is 9.97 Å². The Morgan fingerprint density at radius 1 is 1.71 bits per heavy atom. The van der Waals surface area contributed by atoms with Crippen molar-refractivity contribution in [3.05, 3.63) is 18.2 Å². The molecule has 5 nitrogen and oxygen atoms in total. The molecule has 1 aromatic heterocycles. The molecule has 1 aliphatic heterocycles. The number of rotatable bonds is 1. The summed E-state index contributed by atoms with van der Waals surface area (Å²) in [7, 11) is 0. The number of hydrogen-bond acceptors (Lipinski definition) is 3. The molecule has 1 aromatic rings. The van der Waals surface area contributed by atoms with E-state index in [1.165, 1.54) is 12.5 Å². The molecule has 0 spiro atoms. The van der Waals surface area contributed by atoms with Crippen LogP contribution in [0.15, 0.2) is 12.5 Å². The van der Waals surface area contributed by atoms with Crippen molar-refractivity contribution in [1.82, 2.24) is 14.9 Å². The van der Waals surface area contributed by atoms with E-state index in [4.69, 9.17) is 0 Å². The van der Waals surface area contributed by atoms with Crippen molar-refractivity contribution in [3.8, 4) is 0 Å². The normalized spacial score (nSPS) is 22.4. The number of carbonyl (C=O) groups is 1. The molecule has 0 bridgehead atoms. The summed E-state index contributed by atoms with van der Waals surface area (Å²) < 4.78 is 0. The Bertz CT molecular complexity index is 310. The number of nitrogens with one attached hydrogen (secondary N) is 1. The van der Waals surface area contributed by atoms with E-state index in [-0.39, 0.29) is 12.0 Å². The summed E-state index contributed by atoms with van der Waals surface area (Å²) in [5, 5.41) is 9.41. The first-order valence-electron chi connectivity index (χ1n) is 4.73. The zero-order valence-electron chi connectivity index (χ0n) is 7.81. The molecule has 1 atom stereocenters. The summed E-state index contributed by atoms with van der Waals surface area (Å²) >= 11 is 0. The van der Waals surface area contributed by atoms with Gasteiger partial charge in [-0.05, 0) is 12.8 Å². The molecule has 1 unspecified atom stereocenters. The average Bonchev–Trinajstić information content (AvgIpc) is 2.69. The molecule has 2 N–H and O–H groups in total. The first kappa shape index (κ1) is 9.21. The molecule has 1 amide bonds. The van der Waals surface area contributed by atoms with Gasteiger partial charge in [0.05, 0.1) is 18.6 Å². The zero-order valence-corrected chi connectivity index (χ0v) is 7.81. The van der Waals surface area contributed by atoms with Crippen molar-refractivity contribution in [3.63, 3.8) is 0 Å². The van der Waals surface area contributed by atoms with Crippen LogP contribution in [0, 0.1) is 0 Å². The third kappa shape index (κ3) is 1.77. The smallest absolute Gasteiger partial charge is 0.272 e. The Morgan fingerprint density at radius 3 is 3.21 bits per heavy atom. The topological polar surface area (TPSA) is 69.2 Å². The highest BCUT2D eigenvalue weighted by molar-refractivity contribution is 5.92. The van der Waals surface area contributed by atoms with Crippen molar-refractivity contribution < 1.29 is 9.90 Å². The van der Waals surface area contributed by atoms with Gasteiger partial charge in [-0.25, -0.2) is 4.98 Å². The number of H-pyrrole nitrogens is 1. The van der Waals surface area contributed by atoms with Crippen LogP contribution in [0.4, 0.5) is 0 Å². The summed E-state index contributed by atoms with van der Waals surface area (Å²) in [6.45, 7) is 1.15. The second kappa shape index (κ2) is 3.79. The third-order valence-electron chi connectivity index (χ3n) is 2.41. The van der Waals surface area contributed by atoms with Crippen LogP contribution in [0.25, 0.3) is 0 Å². The van der Waals surface area contributed by atoms with Crippen LogP contribution in [0.1, 0.15) is 23.3 Å². The van der Waals surface area contributed by atoms with Gasteiger partial charge in [0.2, 0.25) is 0 Å². The van der Waals surface area contributed by atoms with E-state index in [1.54, 1.807) is 4.90 Å². The second-order valence-corrected chi connectivity index (χ2v) is 3.51. The van der Waals surface area contributed by atoms with Crippen molar-refractivity contribution in [2.75, 3.05) is 13.1 Å². The van der Waals surface area contributed by atoms with Gasteiger partial charge in [-0.3, -0.25) is 4.79 Å². The summed E-state index contributed by atoms with van der Waals surface area (Å²) in [5.74, 6) is -0.0822. The van der Waals surface area contributed by atoms with Gasteiger partial charge in [-0.15, -0.1) is 0 Å². The molecular formula is C9H13N3O2. The molecule has 1 aliphatic rings. The van der Waals surface area contributed by atoms with Gasteiger partial charge in [0, 0.05) is 13.1 Å². The van der Waals surface area contributed by atoms with Gasteiger partial charge in [-0.1, -0.05) is 0 Å². The Balaban J connectivity index is 2.04. The number of nitrogens with zero attached hydrogens (tertiary/aromatic N) is 2. The van der Waals surface area contributed by atoms with Crippen molar-refractivity contribution in [2.24, 2.45) is 0 Å². The lowest BCUT2D eigenvalue weighted by molar-refractivity contribution is 0.0469. The average molecular weight is 195 g/mol. The quantitative estimate of drug-likeness (QED) is 0.663. The lowest BCUT2D eigenvalue weighted by atomic mass is 10.1. The van der Waals surface area contributed by atoms with Gasteiger partial charge < -0.3 is 15.0 Å². The maximum absolute atomic E-state index is 11.7. The van der Waals surface area contributed by atoms with Crippen LogP contribution in [0.3, 0.4) is 0 Å². The Morgan fingerprint density at radius 2 is 2.57 bits per heavy atom. The summed E-state index contributed by atoms with van der Waals surface area (Å²) in [6.07, 6.45) is 4.25. The number of aliphatic hydroxyl groups is 1. The second-order valence-electron chi connectivity index (χ2n) is 3.51. The number of β-amino-alcohol motifs (C(OH)–C–C–N with tert-alkyl or cyclic N) is 1. The molecule has 1 saturated heterocycles. The summed E-state index contributed by atoms with van der Waals surface area (Å²) in [5.41, 5.74) is 0.485. The molecule has 1 fully saturated rings. The molecule has 0 aliphatic carbocycles. The van der Waals surface area contributed by atoms with E-state index in [0.717, 1.165) is 19.4 Å². The highest BCUT2D eigenvalue weighted by atomic mass is 16.3. The molecule has 5 heteroatoms. The molecule has 0 aromatic carbocycles. The number of likely N-dealkylation sites (tertiary alicyclic amines) is 1. The molecule has 2 rings (SSSR count). The maximum atomic E-state index is 11.7. The minimum Gasteiger partial charge on any atom is -0.391 e. The van der Waals surface area contributed by atoms with Gasteiger partial charge in [0.25, 0.3) is 5.91 Å². The van der Waals surface area contributed by atoms with E-state index < -0.39 is 0 Å². The standard InChI is InChI=1S/C9H13N3O2/c13-7-2-1-3-12(5-7)9(14)8-4-10-6-11-8/h4,6-7,13H,1-3,5H2,(H,10,11). The van der Waals surface area contributed by atoms with Crippen LogP contribution in [0.5, 0.6) is 0 Å². The van der Waals surface area contributed by atoms with Crippen LogP contribution in [-0.4, -0.2) is 45.1 Å². The number of aliphatic hydroxyl groups excluding tert-OH is 1. The van der Waals surface area contributed by atoms with Gasteiger partial charge in [0.1, 0.15) is 5.69 Å².